The van der Waals surface area contributed by atoms with E-state index < -0.39 is 16.1 Å². The molecular formula is C14H12BrN3O2S. The Hall–Kier alpha value is -1.75. The van der Waals surface area contributed by atoms with Crippen molar-refractivity contribution < 1.29 is 8.42 Å². The van der Waals surface area contributed by atoms with Crippen LogP contribution in [-0.2, 0) is 10.0 Å². The molecule has 1 atom stereocenters. The summed E-state index contributed by atoms with van der Waals surface area (Å²) in [6.45, 7) is 1.74. The Morgan fingerprint density at radius 1 is 1.29 bits per heavy atom. The summed E-state index contributed by atoms with van der Waals surface area (Å²) in [5.74, 6) is 0. The van der Waals surface area contributed by atoms with Crippen LogP contribution in [-0.4, -0.2) is 13.4 Å². The van der Waals surface area contributed by atoms with E-state index in [0.29, 0.717) is 10.0 Å². The van der Waals surface area contributed by atoms with Gasteiger partial charge in [0.2, 0.25) is 10.0 Å². The first-order valence-electron chi connectivity index (χ1n) is 6.05. The smallest absolute Gasteiger partial charge is 0.242 e. The van der Waals surface area contributed by atoms with Gasteiger partial charge in [0, 0.05) is 22.9 Å². The van der Waals surface area contributed by atoms with Gasteiger partial charge in [0.15, 0.2) is 0 Å². The van der Waals surface area contributed by atoms with Crippen molar-refractivity contribution >= 4 is 26.0 Å². The van der Waals surface area contributed by atoms with Gasteiger partial charge in [-0.15, -0.1) is 0 Å². The Labute approximate surface area is 131 Å². The van der Waals surface area contributed by atoms with Crippen molar-refractivity contribution in [2.24, 2.45) is 0 Å². The van der Waals surface area contributed by atoms with Gasteiger partial charge in [-0.3, -0.25) is 4.98 Å². The van der Waals surface area contributed by atoms with Crippen LogP contribution in [0.15, 0.2) is 52.1 Å². The quantitative estimate of drug-likeness (QED) is 0.902. The summed E-state index contributed by atoms with van der Waals surface area (Å²) in [5, 5.41) is 8.76. The third kappa shape index (κ3) is 3.88. The van der Waals surface area contributed by atoms with Crippen molar-refractivity contribution in [1.29, 1.82) is 5.26 Å². The summed E-state index contributed by atoms with van der Waals surface area (Å²) >= 11 is 3.20. The molecule has 7 heteroatoms. The van der Waals surface area contributed by atoms with E-state index in [9.17, 15) is 8.42 Å². The number of nitriles is 1. The zero-order chi connectivity index (χ0) is 15.5. The van der Waals surface area contributed by atoms with Gasteiger partial charge in [0.25, 0.3) is 0 Å². The first-order chi connectivity index (χ1) is 9.92. The predicted molar refractivity (Wildman–Crippen MR) is 81.8 cm³/mol. The van der Waals surface area contributed by atoms with E-state index in [-0.39, 0.29) is 4.90 Å². The van der Waals surface area contributed by atoms with E-state index in [1.54, 1.807) is 31.2 Å². The molecule has 0 aliphatic rings. The maximum Gasteiger partial charge on any atom is 0.242 e. The van der Waals surface area contributed by atoms with E-state index in [1.807, 2.05) is 6.07 Å². The fourth-order valence-electron chi connectivity index (χ4n) is 1.75. The number of sulfonamides is 1. The zero-order valence-electron chi connectivity index (χ0n) is 11.1. The van der Waals surface area contributed by atoms with Crippen molar-refractivity contribution in [2.45, 2.75) is 17.9 Å². The Bertz CT molecular complexity index is 783. The number of benzene rings is 1. The van der Waals surface area contributed by atoms with Crippen LogP contribution in [0.25, 0.3) is 0 Å². The molecule has 0 fully saturated rings. The Balaban J connectivity index is 2.21. The molecule has 1 unspecified atom stereocenters. The van der Waals surface area contributed by atoms with Crippen LogP contribution in [0.5, 0.6) is 0 Å². The number of rotatable bonds is 4. The molecule has 0 radical (unpaired) electrons. The maximum atomic E-state index is 12.3. The lowest BCUT2D eigenvalue weighted by Gasteiger charge is -2.14. The monoisotopic (exact) mass is 365 g/mol. The number of pyridine rings is 1. The average molecular weight is 366 g/mol. The molecule has 0 saturated carbocycles. The Morgan fingerprint density at radius 3 is 2.52 bits per heavy atom. The Morgan fingerprint density at radius 2 is 1.95 bits per heavy atom. The highest BCUT2D eigenvalue weighted by Crippen LogP contribution is 2.19. The number of hydrogen-bond donors (Lipinski definition) is 1. The summed E-state index contributed by atoms with van der Waals surface area (Å²) in [6, 6.07) is 9.85. The molecule has 0 aliphatic carbocycles. The first kappa shape index (κ1) is 15.6. The lowest BCUT2D eigenvalue weighted by atomic mass is 10.1. The molecule has 108 valence electrons. The van der Waals surface area contributed by atoms with Crippen molar-refractivity contribution in [3.05, 3.63) is 58.3 Å². The normalized spacial score (nSPS) is 12.6. The number of aromatic nitrogens is 1. The third-order valence-electron chi connectivity index (χ3n) is 2.86. The molecule has 1 aromatic carbocycles. The molecule has 2 aromatic rings. The summed E-state index contributed by atoms with van der Waals surface area (Å²) < 4.78 is 27.7. The highest BCUT2D eigenvalue weighted by Gasteiger charge is 2.19. The standard InChI is InChI=1S/C14H12BrN3O2S/c1-10(12-4-2-11(7-16)3-5-12)18-21(19,20)14-6-13(15)8-17-9-14/h2-6,8-10,18H,1H3. The van der Waals surface area contributed by atoms with Crippen LogP contribution in [0.4, 0.5) is 0 Å². The van der Waals surface area contributed by atoms with Crippen LogP contribution in [0.3, 0.4) is 0 Å². The average Bonchev–Trinajstić information content (AvgIpc) is 2.47. The molecule has 1 aromatic heterocycles. The van der Waals surface area contributed by atoms with Gasteiger partial charge in [0.05, 0.1) is 11.6 Å². The molecule has 1 heterocycles. The minimum atomic E-state index is -3.65. The van der Waals surface area contributed by atoms with Gasteiger partial charge in [-0.2, -0.15) is 5.26 Å². The number of hydrogen-bond acceptors (Lipinski definition) is 4. The van der Waals surface area contributed by atoms with Crippen molar-refractivity contribution in [3.8, 4) is 6.07 Å². The van der Waals surface area contributed by atoms with E-state index in [2.05, 4.69) is 25.6 Å². The second-order valence-electron chi connectivity index (χ2n) is 4.42. The topological polar surface area (TPSA) is 82.8 Å². The van der Waals surface area contributed by atoms with Crippen molar-refractivity contribution in [2.75, 3.05) is 0 Å². The third-order valence-corrected chi connectivity index (χ3v) is 4.80. The van der Waals surface area contributed by atoms with E-state index in [1.165, 1.54) is 18.5 Å². The first-order valence-corrected chi connectivity index (χ1v) is 8.33. The molecule has 1 N–H and O–H groups in total. The largest absolute Gasteiger partial charge is 0.262 e. The highest BCUT2D eigenvalue weighted by molar-refractivity contribution is 9.10. The zero-order valence-corrected chi connectivity index (χ0v) is 13.5. The predicted octanol–water partition coefficient (Wildman–Crippen LogP) is 2.76. The molecule has 0 amide bonds. The van der Waals surface area contributed by atoms with E-state index in [4.69, 9.17) is 5.26 Å². The lowest BCUT2D eigenvalue weighted by molar-refractivity contribution is 0.566. The SMILES string of the molecule is CC(NS(=O)(=O)c1cncc(Br)c1)c1ccc(C#N)cc1. The van der Waals surface area contributed by atoms with E-state index >= 15 is 0 Å². The number of nitrogens with zero attached hydrogens (tertiary/aromatic N) is 2. The number of nitrogens with one attached hydrogen (secondary N) is 1. The van der Waals surface area contributed by atoms with Gasteiger partial charge in [-0.05, 0) is 46.6 Å². The fraction of sp³-hybridized carbons (Fsp3) is 0.143. The molecule has 0 spiro atoms. The minimum absolute atomic E-state index is 0.0948. The molecule has 2 rings (SSSR count). The van der Waals surface area contributed by atoms with Gasteiger partial charge in [0.1, 0.15) is 4.90 Å². The van der Waals surface area contributed by atoms with Crippen LogP contribution in [0, 0.1) is 11.3 Å². The molecule has 21 heavy (non-hydrogen) atoms. The summed E-state index contributed by atoms with van der Waals surface area (Å²) in [6.07, 6.45) is 2.81. The second-order valence-corrected chi connectivity index (χ2v) is 7.05. The Kier molecular flexibility index (Phi) is 4.73. The molecule has 0 saturated heterocycles. The lowest BCUT2D eigenvalue weighted by Crippen LogP contribution is -2.27. The summed E-state index contributed by atoms with van der Waals surface area (Å²) in [5.41, 5.74) is 1.31. The fourth-order valence-corrected chi connectivity index (χ4v) is 3.49. The van der Waals surface area contributed by atoms with E-state index in [0.717, 1.165) is 5.56 Å². The van der Waals surface area contributed by atoms with Crippen LogP contribution in [0.2, 0.25) is 0 Å². The molecule has 0 bridgehead atoms. The molecule has 5 nitrogen and oxygen atoms in total. The van der Waals surface area contributed by atoms with Crippen molar-refractivity contribution in [3.63, 3.8) is 0 Å². The highest BCUT2D eigenvalue weighted by atomic mass is 79.9. The minimum Gasteiger partial charge on any atom is -0.262 e. The number of halogens is 1. The van der Waals surface area contributed by atoms with Crippen LogP contribution in [0.1, 0.15) is 24.1 Å². The molecular weight excluding hydrogens is 354 g/mol. The molecule has 0 aliphatic heterocycles. The maximum absolute atomic E-state index is 12.3. The van der Waals surface area contributed by atoms with Gasteiger partial charge >= 0.3 is 0 Å². The van der Waals surface area contributed by atoms with Crippen LogP contribution < -0.4 is 4.72 Å². The van der Waals surface area contributed by atoms with Gasteiger partial charge < -0.3 is 0 Å². The van der Waals surface area contributed by atoms with Crippen molar-refractivity contribution in [1.82, 2.24) is 9.71 Å². The van der Waals surface area contributed by atoms with Crippen LogP contribution >= 0.6 is 15.9 Å². The van der Waals surface area contributed by atoms with Gasteiger partial charge in [-0.1, -0.05) is 12.1 Å². The van der Waals surface area contributed by atoms with Gasteiger partial charge in [-0.25, -0.2) is 13.1 Å². The summed E-state index contributed by atoms with van der Waals surface area (Å²) in [7, 11) is -3.65. The second kappa shape index (κ2) is 6.35. The summed E-state index contributed by atoms with van der Waals surface area (Å²) in [4.78, 5) is 3.95.